The van der Waals surface area contributed by atoms with Crippen LogP contribution in [0.5, 0.6) is 11.5 Å². The van der Waals surface area contributed by atoms with Gasteiger partial charge < -0.3 is 24.4 Å². The van der Waals surface area contributed by atoms with Gasteiger partial charge in [-0.15, -0.1) is 0 Å². The lowest BCUT2D eigenvalue weighted by Crippen LogP contribution is -2.32. The van der Waals surface area contributed by atoms with Gasteiger partial charge in [-0.05, 0) is 44.8 Å². The lowest BCUT2D eigenvalue weighted by atomic mass is 9.96. The monoisotopic (exact) mass is 493 g/mol. The fourth-order valence-corrected chi connectivity index (χ4v) is 4.53. The first kappa shape index (κ1) is 24.8. The van der Waals surface area contributed by atoms with Crippen molar-refractivity contribution >= 4 is 40.7 Å². The minimum Gasteiger partial charge on any atom is -0.507 e. The average molecular weight is 494 g/mol. The summed E-state index contributed by atoms with van der Waals surface area (Å²) in [5.74, 6) is -1.72. The molecule has 0 bridgehead atoms. The smallest absolute Gasteiger partial charge is 0.295 e. The molecule has 1 atom stereocenters. The Morgan fingerprint density at radius 1 is 1.21 bits per heavy atom. The summed E-state index contributed by atoms with van der Waals surface area (Å²) in [6.45, 7) is 1.04. The van der Waals surface area contributed by atoms with Crippen LogP contribution in [-0.2, 0) is 9.59 Å². The number of carbonyl (C=O) groups excluding carboxylic acids is 2. The lowest BCUT2D eigenvalue weighted by molar-refractivity contribution is -0.139. The molecule has 1 N–H and O–H groups in total. The van der Waals surface area contributed by atoms with Crippen LogP contribution < -0.4 is 9.47 Å². The summed E-state index contributed by atoms with van der Waals surface area (Å²) in [6, 6.07) is 4.02. The molecule has 1 aromatic carbocycles. The fourth-order valence-electron chi connectivity index (χ4n) is 3.84. The number of aliphatic hydroxyl groups excluding tert-OH is 1. The molecule has 33 heavy (non-hydrogen) atoms. The largest absolute Gasteiger partial charge is 0.507 e. The Kier molecular flexibility index (Phi) is 7.84. The molecule has 0 aliphatic carbocycles. The Labute approximate surface area is 202 Å². The number of ether oxygens (including phenoxy) is 2. The van der Waals surface area contributed by atoms with Gasteiger partial charge in [-0.2, -0.15) is 0 Å². The van der Waals surface area contributed by atoms with Crippen molar-refractivity contribution < 1.29 is 24.2 Å². The maximum Gasteiger partial charge on any atom is 0.295 e. The summed E-state index contributed by atoms with van der Waals surface area (Å²) in [4.78, 5) is 33.7. The highest BCUT2D eigenvalue weighted by Crippen LogP contribution is 2.47. The van der Waals surface area contributed by atoms with Crippen LogP contribution in [0.3, 0.4) is 0 Å². The minimum absolute atomic E-state index is 0.0344. The number of ketones is 1. The molecule has 0 radical (unpaired) electrons. The predicted molar refractivity (Wildman–Crippen MR) is 126 cm³/mol. The van der Waals surface area contributed by atoms with E-state index in [0.29, 0.717) is 18.5 Å². The lowest BCUT2D eigenvalue weighted by Gasteiger charge is -2.26. The third kappa shape index (κ3) is 4.78. The van der Waals surface area contributed by atoms with Crippen molar-refractivity contribution in [1.29, 1.82) is 0 Å². The van der Waals surface area contributed by atoms with Crippen molar-refractivity contribution in [2.24, 2.45) is 0 Å². The Morgan fingerprint density at radius 3 is 2.48 bits per heavy atom. The summed E-state index contributed by atoms with van der Waals surface area (Å²) >= 11 is 12.7. The van der Waals surface area contributed by atoms with E-state index in [9.17, 15) is 14.7 Å². The second-order valence-electron chi connectivity index (χ2n) is 7.72. The van der Waals surface area contributed by atoms with Crippen LogP contribution in [-0.4, -0.2) is 73.0 Å². The molecule has 10 heteroatoms. The SMILES string of the molecule is COc1c(Cl)cc(/C(O)=C2\C(=O)C(=O)N(CCCN(C)C)C2c2cccnc2)c(OC)c1Cl. The fraction of sp³-hybridized carbons (Fsp3) is 0.348. The molecule has 1 aromatic heterocycles. The van der Waals surface area contributed by atoms with E-state index in [1.807, 2.05) is 19.0 Å². The summed E-state index contributed by atoms with van der Waals surface area (Å²) in [7, 11) is 6.61. The van der Waals surface area contributed by atoms with Crippen LogP contribution in [0, 0.1) is 0 Å². The van der Waals surface area contributed by atoms with Crippen molar-refractivity contribution in [1.82, 2.24) is 14.8 Å². The topological polar surface area (TPSA) is 92.2 Å². The van der Waals surface area contributed by atoms with Gasteiger partial charge in [0.2, 0.25) is 0 Å². The van der Waals surface area contributed by atoms with Gasteiger partial charge in [0.15, 0.2) is 11.5 Å². The molecule has 1 aliphatic rings. The highest BCUT2D eigenvalue weighted by molar-refractivity contribution is 6.47. The van der Waals surface area contributed by atoms with E-state index in [1.54, 1.807) is 24.5 Å². The number of likely N-dealkylation sites (tertiary alicyclic amines) is 1. The zero-order valence-corrected chi connectivity index (χ0v) is 20.3. The van der Waals surface area contributed by atoms with Crippen LogP contribution in [0.4, 0.5) is 0 Å². The second kappa shape index (κ2) is 10.4. The van der Waals surface area contributed by atoms with Gasteiger partial charge in [-0.1, -0.05) is 29.3 Å². The number of carbonyl (C=O) groups is 2. The number of hydrogen-bond acceptors (Lipinski definition) is 7. The number of halogens is 2. The van der Waals surface area contributed by atoms with Crippen LogP contribution in [0.1, 0.15) is 23.6 Å². The highest BCUT2D eigenvalue weighted by atomic mass is 35.5. The van der Waals surface area contributed by atoms with E-state index in [1.165, 1.54) is 25.2 Å². The van der Waals surface area contributed by atoms with Crippen LogP contribution in [0.15, 0.2) is 36.2 Å². The number of nitrogens with zero attached hydrogens (tertiary/aromatic N) is 3. The van der Waals surface area contributed by atoms with Gasteiger partial charge in [0.05, 0.1) is 36.4 Å². The quantitative estimate of drug-likeness (QED) is 0.339. The number of amides is 1. The number of methoxy groups -OCH3 is 2. The number of rotatable bonds is 8. The molecule has 2 aromatic rings. The van der Waals surface area contributed by atoms with Gasteiger partial charge >= 0.3 is 0 Å². The van der Waals surface area contributed by atoms with E-state index in [4.69, 9.17) is 32.7 Å². The molecule has 0 saturated carbocycles. The number of aliphatic hydroxyl groups is 1. The average Bonchev–Trinajstić information content (AvgIpc) is 3.04. The van der Waals surface area contributed by atoms with Gasteiger partial charge in [0.25, 0.3) is 11.7 Å². The standard InChI is InChI=1S/C23H25Cl2N3O5/c1-27(2)9-6-10-28-18(13-7-5-8-26-12-13)16(20(30)23(28)31)19(29)14-11-15(24)22(33-4)17(25)21(14)32-3/h5,7-8,11-12,18,29H,6,9-10H2,1-4H3/b19-16+. The first-order chi connectivity index (χ1) is 15.7. The Hall–Kier alpha value is -2.81. The Morgan fingerprint density at radius 2 is 1.91 bits per heavy atom. The Bertz CT molecular complexity index is 1090. The molecule has 1 amide bonds. The van der Waals surface area contributed by atoms with Gasteiger partial charge in [0, 0.05) is 18.9 Å². The molecule has 1 unspecified atom stereocenters. The zero-order valence-electron chi connectivity index (χ0n) is 18.8. The molecular weight excluding hydrogens is 469 g/mol. The summed E-state index contributed by atoms with van der Waals surface area (Å²) in [5.41, 5.74) is 0.578. The van der Waals surface area contributed by atoms with Crippen molar-refractivity contribution in [3.05, 3.63) is 57.3 Å². The van der Waals surface area contributed by atoms with E-state index in [-0.39, 0.29) is 32.7 Å². The maximum absolute atomic E-state index is 13.1. The summed E-state index contributed by atoms with van der Waals surface area (Å²) < 4.78 is 10.6. The van der Waals surface area contributed by atoms with E-state index >= 15 is 0 Å². The van der Waals surface area contributed by atoms with Crippen molar-refractivity contribution in [2.45, 2.75) is 12.5 Å². The number of Topliss-reactive ketones (excluding diaryl/α,β-unsaturated/α-hetero) is 1. The van der Waals surface area contributed by atoms with Crippen LogP contribution >= 0.6 is 23.2 Å². The third-order valence-corrected chi connectivity index (χ3v) is 5.96. The van der Waals surface area contributed by atoms with Crippen LogP contribution in [0.2, 0.25) is 10.0 Å². The van der Waals surface area contributed by atoms with Crippen molar-refractivity contribution in [2.75, 3.05) is 41.4 Å². The normalized spacial score (nSPS) is 17.7. The molecule has 1 saturated heterocycles. The third-order valence-electron chi connectivity index (χ3n) is 5.34. The molecule has 0 spiro atoms. The number of pyridine rings is 1. The van der Waals surface area contributed by atoms with E-state index < -0.39 is 23.5 Å². The minimum atomic E-state index is -0.828. The number of aromatic nitrogens is 1. The maximum atomic E-state index is 13.1. The van der Waals surface area contributed by atoms with Crippen molar-refractivity contribution in [3.63, 3.8) is 0 Å². The second-order valence-corrected chi connectivity index (χ2v) is 8.51. The molecule has 176 valence electrons. The van der Waals surface area contributed by atoms with Gasteiger partial charge in [-0.25, -0.2) is 0 Å². The molecule has 1 fully saturated rings. The summed E-state index contributed by atoms with van der Waals surface area (Å²) in [5, 5.41) is 11.5. The Balaban J connectivity index is 2.20. The van der Waals surface area contributed by atoms with E-state index in [2.05, 4.69) is 4.98 Å². The molecule has 8 nitrogen and oxygen atoms in total. The number of hydrogen-bond donors (Lipinski definition) is 1. The molecular formula is C23H25Cl2N3O5. The zero-order chi connectivity index (χ0) is 24.3. The first-order valence-corrected chi connectivity index (χ1v) is 10.9. The highest BCUT2D eigenvalue weighted by Gasteiger charge is 2.46. The van der Waals surface area contributed by atoms with Crippen molar-refractivity contribution in [3.8, 4) is 11.5 Å². The first-order valence-electron chi connectivity index (χ1n) is 10.2. The summed E-state index contributed by atoms with van der Waals surface area (Å²) in [6.07, 6.45) is 3.79. The van der Waals surface area contributed by atoms with Gasteiger partial charge in [0.1, 0.15) is 10.8 Å². The molecule has 1 aliphatic heterocycles. The molecule has 2 heterocycles. The molecule has 3 rings (SSSR count). The number of benzene rings is 1. The predicted octanol–water partition coefficient (Wildman–Crippen LogP) is 3.78. The van der Waals surface area contributed by atoms with Gasteiger partial charge in [-0.3, -0.25) is 14.6 Å². The van der Waals surface area contributed by atoms with E-state index in [0.717, 1.165) is 6.54 Å². The van der Waals surface area contributed by atoms with Crippen LogP contribution in [0.25, 0.3) is 5.76 Å².